The fraction of sp³-hybridized carbons (Fsp3) is 0.167. The van der Waals surface area contributed by atoms with Crippen LogP contribution in [0.15, 0.2) is 30.6 Å². The quantitative estimate of drug-likeness (QED) is 0.476. The van der Waals surface area contributed by atoms with Crippen LogP contribution in [0, 0.1) is 11.3 Å². The van der Waals surface area contributed by atoms with Gasteiger partial charge in [-0.15, -0.1) is 0 Å². The van der Waals surface area contributed by atoms with E-state index in [4.69, 9.17) is 10.5 Å². The van der Waals surface area contributed by atoms with Crippen LogP contribution in [0.2, 0.25) is 0 Å². The molecule has 136 valence electrons. The van der Waals surface area contributed by atoms with Gasteiger partial charge >= 0.3 is 0 Å². The maximum Gasteiger partial charge on any atom is 0.252 e. The highest BCUT2D eigenvalue weighted by molar-refractivity contribution is 6.05. The third kappa shape index (κ3) is 3.47. The van der Waals surface area contributed by atoms with Gasteiger partial charge in [-0.25, -0.2) is 9.97 Å². The Kier molecular flexibility index (Phi) is 5.10. The van der Waals surface area contributed by atoms with E-state index in [2.05, 4.69) is 21.4 Å². The zero-order valence-electron chi connectivity index (χ0n) is 14.5. The molecular formula is C18H16N6O3. The summed E-state index contributed by atoms with van der Waals surface area (Å²) in [4.78, 5) is 31.3. The van der Waals surface area contributed by atoms with Crippen molar-refractivity contribution in [2.24, 2.45) is 5.73 Å². The number of aromatic nitrogens is 3. The number of pyridine rings is 2. The molecule has 0 aliphatic carbocycles. The second-order valence-corrected chi connectivity index (χ2v) is 5.62. The van der Waals surface area contributed by atoms with Crippen molar-refractivity contribution in [1.82, 2.24) is 14.5 Å². The van der Waals surface area contributed by atoms with E-state index < -0.39 is 5.91 Å². The van der Waals surface area contributed by atoms with Gasteiger partial charge in [0.2, 0.25) is 0 Å². The van der Waals surface area contributed by atoms with Gasteiger partial charge in [0.25, 0.3) is 5.91 Å². The SMILES string of the molecule is COCCNc1cc(-n2cc(C(N)=O)c3nc(C=O)ccc32)ncc1C#N. The summed E-state index contributed by atoms with van der Waals surface area (Å²) in [6.45, 7) is 0.983. The highest BCUT2D eigenvalue weighted by Crippen LogP contribution is 2.25. The molecule has 0 aliphatic rings. The van der Waals surface area contributed by atoms with Crippen LogP contribution in [0.3, 0.4) is 0 Å². The Hall–Kier alpha value is -3.77. The maximum absolute atomic E-state index is 11.8. The number of ether oxygens (including phenoxy) is 1. The standard InChI is InChI=1S/C18H16N6O3/c1-27-5-4-21-14-6-16(22-8-11(14)7-19)24-9-13(18(20)26)17-15(24)3-2-12(10-25)23-17/h2-3,6,8-10H,4-5H2,1H3,(H2,20,26)(H,21,22). The van der Waals surface area contributed by atoms with E-state index in [0.29, 0.717) is 47.5 Å². The van der Waals surface area contributed by atoms with Crippen LogP contribution in [-0.2, 0) is 4.74 Å². The summed E-state index contributed by atoms with van der Waals surface area (Å²) in [6, 6.07) is 6.97. The van der Waals surface area contributed by atoms with E-state index >= 15 is 0 Å². The molecule has 27 heavy (non-hydrogen) atoms. The van der Waals surface area contributed by atoms with E-state index in [0.717, 1.165) is 0 Å². The molecule has 0 atom stereocenters. The predicted molar refractivity (Wildman–Crippen MR) is 97.9 cm³/mol. The molecule has 0 unspecified atom stereocenters. The van der Waals surface area contributed by atoms with E-state index in [1.807, 2.05) is 0 Å². The first-order valence-electron chi connectivity index (χ1n) is 7.99. The van der Waals surface area contributed by atoms with Crippen LogP contribution in [0.4, 0.5) is 5.69 Å². The number of carbonyl (C=O) groups excluding carboxylic acids is 2. The van der Waals surface area contributed by atoms with Crippen LogP contribution in [-0.4, -0.2) is 47.0 Å². The third-order valence-corrected chi connectivity index (χ3v) is 3.93. The summed E-state index contributed by atoms with van der Waals surface area (Å²) in [7, 11) is 1.59. The van der Waals surface area contributed by atoms with Gasteiger partial charge in [0.05, 0.1) is 28.9 Å². The second kappa shape index (κ2) is 7.63. The molecule has 9 heteroatoms. The van der Waals surface area contributed by atoms with Gasteiger partial charge in [-0.2, -0.15) is 5.26 Å². The fourth-order valence-electron chi connectivity index (χ4n) is 2.65. The normalized spacial score (nSPS) is 10.5. The van der Waals surface area contributed by atoms with Crippen molar-refractivity contribution in [2.45, 2.75) is 0 Å². The van der Waals surface area contributed by atoms with E-state index in [1.165, 1.54) is 18.5 Å². The molecule has 3 heterocycles. The summed E-state index contributed by atoms with van der Waals surface area (Å²) in [5.74, 6) is -0.201. The van der Waals surface area contributed by atoms with E-state index in [-0.39, 0.29) is 11.3 Å². The maximum atomic E-state index is 11.8. The van der Waals surface area contributed by atoms with Crippen molar-refractivity contribution in [3.63, 3.8) is 0 Å². The van der Waals surface area contributed by atoms with Crippen molar-refractivity contribution in [1.29, 1.82) is 5.26 Å². The molecule has 0 saturated heterocycles. The average molecular weight is 364 g/mol. The van der Waals surface area contributed by atoms with Crippen LogP contribution in [0.1, 0.15) is 26.4 Å². The van der Waals surface area contributed by atoms with Gasteiger partial charge in [0.1, 0.15) is 23.1 Å². The smallest absolute Gasteiger partial charge is 0.252 e. The summed E-state index contributed by atoms with van der Waals surface area (Å²) in [5, 5.41) is 12.4. The Morgan fingerprint density at radius 1 is 1.48 bits per heavy atom. The van der Waals surface area contributed by atoms with Crippen molar-refractivity contribution in [2.75, 3.05) is 25.6 Å². The summed E-state index contributed by atoms with van der Waals surface area (Å²) >= 11 is 0. The lowest BCUT2D eigenvalue weighted by Crippen LogP contribution is -2.11. The first-order chi connectivity index (χ1) is 13.1. The number of methoxy groups -OCH3 is 1. The minimum atomic E-state index is -0.665. The number of aldehydes is 1. The van der Waals surface area contributed by atoms with E-state index in [9.17, 15) is 14.9 Å². The van der Waals surface area contributed by atoms with Crippen LogP contribution >= 0.6 is 0 Å². The Labute approximate surface area is 154 Å². The number of anilines is 1. The number of nitrogens with zero attached hydrogens (tertiary/aromatic N) is 4. The minimum absolute atomic E-state index is 0.175. The van der Waals surface area contributed by atoms with Gasteiger partial charge in [-0.1, -0.05) is 0 Å². The van der Waals surface area contributed by atoms with E-state index in [1.54, 1.807) is 23.8 Å². The molecule has 0 aliphatic heterocycles. The highest BCUT2D eigenvalue weighted by atomic mass is 16.5. The largest absolute Gasteiger partial charge is 0.383 e. The summed E-state index contributed by atoms with van der Waals surface area (Å²) in [5.41, 5.74) is 7.65. The summed E-state index contributed by atoms with van der Waals surface area (Å²) < 4.78 is 6.65. The number of fused-ring (bicyclic) bond motifs is 1. The molecule has 1 amide bonds. The Bertz CT molecular complexity index is 1070. The molecule has 3 N–H and O–H groups in total. The molecular weight excluding hydrogens is 348 g/mol. The number of amides is 1. The number of hydrogen-bond donors (Lipinski definition) is 2. The van der Waals surface area contributed by atoms with Gasteiger partial charge in [0.15, 0.2) is 6.29 Å². The van der Waals surface area contributed by atoms with Crippen molar-refractivity contribution in [3.8, 4) is 11.9 Å². The first-order valence-corrected chi connectivity index (χ1v) is 7.99. The van der Waals surface area contributed by atoms with Crippen molar-refractivity contribution < 1.29 is 14.3 Å². The number of primary amides is 1. The van der Waals surface area contributed by atoms with Crippen LogP contribution in [0.25, 0.3) is 16.9 Å². The molecule has 9 nitrogen and oxygen atoms in total. The van der Waals surface area contributed by atoms with Crippen LogP contribution < -0.4 is 11.1 Å². The molecule has 0 saturated carbocycles. The molecule has 3 rings (SSSR count). The Morgan fingerprint density at radius 3 is 2.96 bits per heavy atom. The highest BCUT2D eigenvalue weighted by Gasteiger charge is 2.17. The monoisotopic (exact) mass is 364 g/mol. The zero-order chi connectivity index (χ0) is 19.4. The lowest BCUT2D eigenvalue weighted by atomic mass is 10.2. The predicted octanol–water partition coefficient (Wildman–Crippen LogP) is 1.26. The number of nitrogens with two attached hydrogens (primary N) is 1. The molecule has 0 aromatic carbocycles. The van der Waals surface area contributed by atoms with Gasteiger partial charge in [0, 0.05) is 32.1 Å². The third-order valence-electron chi connectivity index (χ3n) is 3.93. The number of hydrogen-bond acceptors (Lipinski definition) is 7. The molecule has 0 spiro atoms. The zero-order valence-corrected chi connectivity index (χ0v) is 14.5. The topological polar surface area (TPSA) is 136 Å². The fourth-order valence-corrected chi connectivity index (χ4v) is 2.65. The molecule has 0 bridgehead atoms. The van der Waals surface area contributed by atoms with Crippen molar-refractivity contribution >= 4 is 28.9 Å². The first kappa shape index (κ1) is 18.0. The number of nitrogens with one attached hydrogen (secondary N) is 1. The molecule has 3 aromatic heterocycles. The summed E-state index contributed by atoms with van der Waals surface area (Å²) in [6.07, 6.45) is 3.55. The van der Waals surface area contributed by atoms with Crippen LogP contribution in [0.5, 0.6) is 0 Å². The number of carbonyl (C=O) groups is 2. The van der Waals surface area contributed by atoms with Gasteiger partial charge < -0.3 is 15.8 Å². The van der Waals surface area contributed by atoms with Gasteiger partial charge in [-0.3, -0.25) is 14.2 Å². The minimum Gasteiger partial charge on any atom is -0.383 e. The second-order valence-electron chi connectivity index (χ2n) is 5.62. The Balaban J connectivity index is 2.14. The number of nitriles is 1. The molecule has 0 fully saturated rings. The molecule has 3 aromatic rings. The lowest BCUT2D eigenvalue weighted by molar-refractivity contribution is 0.100. The number of rotatable bonds is 7. The van der Waals surface area contributed by atoms with Crippen molar-refractivity contribution in [3.05, 3.63) is 47.4 Å². The average Bonchev–Trinajstić information content (AvgIpc) is 3.07. The lowest BCUT2D eigenvalue weighted by Gasteiger charge is -2.10. The Morgan fingerprint density at radius 2 is 2.30 bits per heavy atom. The molecule has 0 radical (unpaired) electrons. The van der Waals surface area contributed by atoms with Gasteiger partial charge in [-0.05, 0) is 12.1 Å².